The molecule has 0 spiro atoms. The van der Waals surface area contributed by atoms with Crippen LogP contribution in [-0.2, 0) is 11.3 Å². The Morgan fingerprint density at radius 3 is 3.04 bits per heavy atom. The van der Waals surface area contributed by atoms with Gasteiger partial charge in [-0.1, -0.05) is 6.07 Å². The molecule has 5 nitrogen and oxygen atoms in total. The van der Waals surface area contributed by atoms with E-state index < -0.39 is 0 Å². The maximum atomic E-state index is 12.8. The van der Waals surface area contributed by atoms with Gasteiger partial charge in [0.1, 0.15) is 0 Å². The molecular formula is C18H22N4OS. The van der Waals surface area contributed by atoms with Crippen molar-refractivity contribution >= 4 is 17.2 Å². The van der Waals surface area contributed by atoms with Crippen molar-refractivity contribution in [3.8, 4) is 0 Å². The molecular weight excluding hydrogens is 320 g/mol. The van der Waals surface area contributed by atoms with Gasteiger partial charge >= 0.3 is 0 Å². The van der Waals surface area contributed by atoms with Gasteiger partial charge < -0.3 is 4.90 Å². The molecule has 0 bridgehead atoms. The van der Waals surface area contributed by atoms with Crippen LogP contribution in [0.5, 0.6) is 0 Å². The zero-order valence-corrected chi connectivity index (χ0v) is 14.5. The first-order chi connectivity index (χ1) is 11.8. The summed E-state index contributed by atoms with van der Waals surface area (Å²) in [5, 5.41) is 2.11. The predicted octanol–water partition coefficient (Wildman–Crippen LogP) is 2.38. The average Bonchev–Trinajstić information content (AvgIpc) is 3.32. The van der Waals surface area contributed by atoms with E-state index in [4.69, 9.17) is 0 Å². The van der Waals surface area contributed by atoms with Gasteiger partial charge in [0.25, 0.3) is 0 Å². The molecule has 1 aliphatic heterocycles. The minimum Gasteiger partial charge on any atom is -0.341 e. The summed E-state index contributed by atoms with van der Waals surface area (Å²) in [6, 6.07) is 4.04. The second kappa shape index (κ2) is 6.99. The summed E-state index contributed by atoms with van der Waals surface area (Å²) in [4.78, 5) is 25.8. The lowest BCUT2D eigenvalue weighted by Crippen LogP contribution is -2.36. The van der Waals surface area contributed by atoms with Gasteiger partial charge in [0.2, 0.25) is 5.91 Å². The lowest BCUT2D eigenvalue weighted by atomic mass is 10.1. The van der Waals surface area contributed by atoms with Crippen molar-refractivity contribution < 1.29 is 4.79 Å². The highest BCUT2D eigenvalue weighted by atomic mass is 32.1. The van der Waals surface area contributed by atoms with Crippen LogP contribution in [0.1, 0.15) is 30.0 Å². The molecule has 0 unspecified atom stereocenters. The first-order valence-corrected chi connectivity index (χ1v) is 9.53. The zero-order chi connectivity index (χ0) is 16.4. The highest BCUT2D eigenvalue weighted by Gasteiger charge is 2.45. The van der Waals surface area contributed by atoms with Crippen LogP contribution in [0.15, 0.2) is 35.4 Å². The standard InChI is InChI=1S/C18H22N4OS/c23-18(17-9-16(17)14-3-1-4-19-10-14)22-6-2-5-21(7-8-22)11-15-12-24-13-20-15/h1,3-4,10,12-13,16-17H,2,5-9,11H2/t16-,17+/m1/s1. The number of rotatable bonds is 4. The van der Waals surface area contributed by atoms with Crippen molar-refractivity contribution in [1.29, 1.82) is 0 Å². The molecule has 1 saturated heterocycles. The van der Waals surface area contributed by atoms with Gasteiger partial charge in [-0.3, -0.25) is 14.7 Å². The maximum Gasteiger partial charge on any atom is 0.226 e. The molecule has 2 aliphatic rings. The molecule has 1 aliphatic carbocycles. The summed E-state index contributed by atoms with van der Waals surface area (Å²) in [5.41, 5.74) is 4.23. The summed E-state index contributed by atoms with van der Waals surface area (Å²) in [6.07, 6.45) is 5.70. The molecule has 4 rings (SSSR count). The Hall–Kier alpha value is -1.79. The third-order valence-corrected chi connectivity index (χ3v) is 5.62. The van der Waals surface area contributed by atoms with Crippen LogP contribution in [0.4, 0.5) is 0 Å². The molecule has 1 amide bonds. The number of carbonyl (C=O) groups is 1. The summed E-state index contributed by atoms with van der Waals surface area (Å²) in [7, 11) is 0. The highest BCUT2D eigenvalue weighted by Crippen LogP contribution is 2.48. The number of thiazole rings is 1. The first-order valence-electron chi connectivity index (χ1n) is 8.59. The fraction of sp³-hybridized carbons (Fsp3) is 0.500. The Kier molecular flexibility index (Phi) is 4.58. The topological polar surface area (TPSA) is 49.3 Å². The summed E-state index contributed by atoms with van der Waals surface area (Å²) in [5.74, 6) is 0.874. The van der Waals surface area contributed by atoms with E-state index in [1.807, 2.05) is 17.8 Å². The normalized spacial score (nSPS) is 24.6. The van der Waals surface area contributed by atoms with E-state index in [-0.39, 0.29) is 5.92 Å². The van der Waals surface area contributed by atoms with Crippen LogP contribution in [0, 0.1) is 5.92 Å². The SMILES string of the molecule is O=C([C@H]1C[C@@H]1c1cccnc1)N1CCCN(Cc2cscn2)CC1. The van der Waals surface area contributed by atoms with Gasteiger partial charge in [-0.25, -0.2) is 4.98 Å². The number of carbonyl (C=O) groups excluding carboxylic acids is 1. The molecule has 1 saturated carbocycles. The van der Waals surface area contributed by atoms with Gasteiger partial charge in [-0.15, -0.1) is 11.3 Å². The molecule has 0 aromatic carbocycles. The van der Waals surface area contributed by atoms with Crippen molar-refractivity contribution in [2.75, 3.05) is 26.2 Å². The van der Waals surface area contributed by atoms with Crippen molar-refractivity contribution in [3.63, 3.8) is 0 Å². The number of hydrogen-bond donors (Lipinski definition) is 0. The Morgan fingerprint density at radius 1 is 1.29 bits per heavy atom. The zero-order valence-electron chi connectivity index (χ0n) is 13.7. The van der Waals surface area contributed by atoms with E-state index in [9.17, 15) is 4.79 Å². The number of aromatic nitrogens is 2. The average molecular weight is 342 g/mol. The van der Waals surface area contributed by atoms with E-state index >= 15 is 0 Å². The third kappa shape index (κ3) is 3.49. The molecule has 0 N–H and O–H groups in total. The predicted molar refractivity (Wildman–Crippen MR) is 93.7 cm³/mol. The van der Waals surface area contributed by atoms with Crippen LogP contribution in [0.25, 0.3) is 0 Å². The molecule has 2 fully saturated rings. The Morgan fingerprint density at radius 2 is 2.25 bits per heavy atom. The van der Waals surface area contributed by atoms with Crippen molar-refractivity contribution in [1.82, 2.24) is 19.8 Å². The van der Waals surface area contributed by atoms with E-state index in [0.717, 1.165) is 51.3 Å². The number of hydrogen-bond acceptors (Lipinski definition) is 5. The molecule has 6 heteroatoms. The molecule has 0 radical (unpaired) electrons. The lowest BCUT2D eigenvalue weighted by molar-refractivity contribution is -0.132. The van der Waals surface area contributed by atoms with Gasteiger partial charge in [0, 0.05) is 56.4 Å². The highest BCUT2D eigenvalue weighted by molar-refractivity contribution is 7.07. The van der Waals surface area contributed by atoms with E-state index in [1.165, 1.54) is 5.56 Å². The molecule has 2 aromatic rings. The second-order valence-electron chi connectivity index (χ2n) is 6.67. The van der Waals surface area contributed by atoms with E-state index in [2.05, 4.69) is 31.2 Å². The summed E-state index contributed by atoms with van der Waals surface area (Å²) >= 11 is 1.64. The van der Waals surface area contributed by atoms with Crippen molar-refractivity contribution in [2.45, 2.75) is 25.3 Å². The van der Waals surface area contributed by atoms with Gasteiger partial charge in [0.15, 0.2) is 0 Å². The quantitative estimate of drug-likeness (QED) is 0.856. The summed E-state index contributed by atoms with van der Waals surface area (Å²) < 4.78 is 0. The molecule has 3 heterocycles. The maximum absolute atomic E-state index is 12.8. The van der Waals surface area contributed by atoms with Gasteiger partial charge in [-0.05, 0) is 30.4 Å². The fourth-order valence-electron chi connectivity index (χ4n) is 3.56. The Bertz CT molecular complexity index is 676. The van der Waals surface area contributed by atoms with Crippen LogP contribution < -0.4 is 0 Å². The van der Waals surface area contributed by atoms with Crippen molar-refractivity contribution in [2.24, 2.45) is 5.92 Å². The van der Waals surface area contributed by atoms with E-state index in [0.29, 0.717) is 11.8 Å². The Balaban J connectivity index is 1.32. The molecule has 126 valence electrons. The molecule has 2 atom stereocenters. The number of amides is 1. The third-order valence-electron chi connectivity index (χ3n) is 4.99. The van der Waals surface area contributed by atoms with Crippen molar-refractivity contribution in [3.05, 3.63) is 46.7 Å². The number of pyridine rings is 1. The second-order valence-corrected chi connectivity index (χ2v) is 7.39. The Labute approximate surface area is 146 Å². The first kappa shape index (κ1) is 15.7. The number of nitrogens with zero attached hydrogens (tertiary/aromatic N) is 4. The lowest BCUT2D eigenvalue weighted by Gasteiger charge is -2.21. The van der Waals surface area contributed by atoms with Gasteiger partial charge in [0.05, 0.1) is 11.2 Å². The van der Waals surface area contributed by atoms with Crippen LogP contribution >= 0.6 is 11.3 Å². The molecule has 2 aromatic heterocycles. The molecule has 24 heavy (non-hydrogen) atoms. The van der Waals surface area contributed by atoms with Crippen LogP contribution in [0.3, 0.4) is 0 Å². The van der Waals surface area contributed by atoms with Crippen LogP contribution in [0.2, 0.25) is 0 Å². The largest absolute Gasteiger partial charge is 0.341 e. The van der Waals surface area contributed by atoms with E-state index in [1.54, 1.807) is 17.5 Å². The fourth-order valence-corrected chi connectivity index (χ4v) is 4.11. The monoisotopic (exact) mass is 342 g/mol. The minimum absolute atomic E-state index is 0.166. The van der Waals surface area contributed by atoms with Crippen LogP contribution in [-0.4, -0.2) is 51.9 Å². The van der Waals surface area contributed by atoms with Gasteiger partial charge in [-0.2, -0.15) is 0 Å². The summed E-state index contributed by atoms with van der Waals surface area (Å²) in [6.45, 7) is 4.58. The smallest absolute Gasteiger partial charge is 0.226 e. The minimum atomic E-state index is 0.166.